The number of rotatable bonds is 7. The van der Waals surface area contributed by atoms with Gasteiger partial charge in [0.25, 0.3) is 0 Å². The molecule has 22 rings (SSSR count). The number of hydrogen-bond acceptors (Lipinski definition) is 8. The van der Waals surface area contributed by atoms with Crippen molar-refractivity contribution in [1.82, 2.24) is 0 Å². The molecule has 632 valence electrons. The Bertz CT molecular complexity index is 7070. The van der Waals surface area contributed by atoms with Gasteiger partial charge in [-0.15, -0.1) is 11.3 Å². The zero-order chi connectivity index (χ0) is 90.0. The molecule has 20 heteroatoms. The summed E-state index contributed by atoms with van der Waals surface area (Å²) >= 11 is 26.7. The number of halogens is 7. The van der Waals surface area contributed by atoms with Gasteiger partial charge in [-0.05, 0) is 156 Å². The molecule has 0 spiro atoms. The Morgan fingerprint density at radius 3 is 1.27 bits per heavy atom. The molecule has 0 fully saturated rings. The summed E-state index contributed by atoms with van der Waals surface area (Å²) in [5, 5.41) is 41.6. The zero-order valence-electron chi connectivity index (χ0n) is 68.0. The van der Waals surface area contributed by atoms with Gasteiger partial charge in [0.05, 0.1) is 5.56 Å². The number of thiophene rings is 1. The molecule has 10 nitrogen and oxygen atoms in total. The summed E-state index contributed by atoms with van der Waals surface area (Å²) in [5.74, 6) is -0.437. The van der Waals surface area contributed by atoms with Gasteiger partial charge in [-0.2, -0.15) is 8.42 Å². The van der Waals surface area contributed by atoms with Crippen molar-refractivity contribution in [3.05, 3.63) is 498 Å². The number of carboxylic acid groups (broad SMARTS) is 1. The van der Waals surface area contributed by atoms with Gasteiger partial charge in [-0.25, -0.2) is 4.79 Å². The number of benzene rings is 17. The first-order valence-corrected chi connectivity index (χ1v) is 48.1. The van der Waals surface area contributed by atoms with Crippen molar-refractivity contribution in [3.8, 4) is 66.8 Å². The lowest BCUT2D eigenvalue weighted by Crippen LogP contribution is -2.29. The molecule has 3 unspecified atom stereocenters. The van der Waals surface area contributed by atoms with Crippen LogP contribution in [0, 0.1) is 0 Å². The Morgan fingerprint density at radius 1 is 0.336 bits per heavy atom. The summed E-state index contributed by atoms with van der Waals surface area (Å²) < 4.78 is 41.2. The predicted molar refractivity (Wildman–Crippen MR) is 547 cm³/mol. The van der Waals surface area contributed by atoms with Crippen LogP contribution < -0.4 is 5.46 Å². The fourth-order valence-corrected chi connectivity index (χ4v) is 22.1. The lowest BCUT2D eigenvalue weighted by Gasteiger charge is -2.28. The fraction of sp³-hybridized carbons (Fsp3) is 0.0370. The molecular weight excluding hydrogens is 2090 g/mol. The molecule has 4 aliphatic carbocycles. The smallest absolute Gasteiger partial charge is 0.478 e. The summed E-state index contributed by atoms with van der Waals surface area (Å²) in [6, 6.07) is 134. The number of ketones is 1. The maximum Gasteiger partial charge on any atom is 0.489 e. The summed E-state index contributed by atoms with van der Waals surface area (Å²) in [6.45, 7) is 2.33. The van der Waals surface area contributed by atoms with Gasteiger partial charge in [0, 0.05) is 102 Å². The van der Waals surface area contributed by atoms with Crippen molar-refractivity contribution < 1.29 is 47.4 Å². The van der Waals surface area contributed by atoms with Crippen LogP contribution in [0.2, 0.25) is 0 Å². The summed E-state index contributed by atoms with van der Waals surface area (Å²) in [5.41, 5.74) is 26.0. The molecule has 1 aromatic heterocycles. The highest BCUT2D eigenvalue weighted by Crippen LogP contribution is 2.56. The molecule has 1 heterocycles. The van der Waals surface area contributed by atoms with Crippen molar-refractivity contribution >= 4 is 178 Å². The Hall–Kier alpha value is -10.7. The second kappa shape index (κ2) is 40.9. The molecule has 0 amide bonds. The number of carbonyl (C=O) groups is 2. The molecule has 128 heavy (non-hydrogen) atoms. The molecule has 0 bridgehead atoms. The number of aliphatic hydroxyl groups is 1. The SMILES string of the molecule is Brc1cccc2c1-c1ccccc1C2c1ccccc1.Brc1ccccc1-c1ccccc1Br.CC1(c2ccccc2)c2ccccc2-c2c(Br)cccc21.O=C(O)c1ccccc1-c1ccccc1Br.O=C1c2ccccc2-c2c(Br)cccc21.O=S(=O)(O)O.OB(O)c1cccc2c1sc1ccccc12.OC1(c2ccccc2)c2ccccc2-c2c(Br)cccc21. The van der Waals surface area contributed by atoms with Gasteiger partial charge >= 0.3 is 23.5 Å². The molecule has 0 radical (unpaired) electrons. The normalized spacial score (nSPS) is 14.4. The minimum absolute atomic E-state index is 0.0863. The minimum Gasteiger partial charge on any atom is -0.478 e. The van der Waals surface area contributed by atoms with Crippen LogP contribution in [0.3, 0.4) is 0 Å². The van der Waals surface area contributed by atoms with Crippen molar-refractivity contribution in [3.63, 3.8) is 0 Å². The second-order valence-electron chi connectivity index (χ2n) is 30.1. The van der Waals surface area contributed by atoms with E-state index in [0.29, 0.717) is 16.9 Å². The maximum atomic E-state index is 12.0. The first-order valence-electron chi connectivity index (χ1n) is 40.4. The average Bonchev–Trinajstić information content (AvgIpc) is 1.61. The van der Waals surface area contributed by atoms with E-state index in [-0.39, 0.29) is 11.2 Å². The Balaban J connectivity index is 0.000000114. The van der Waals surface area contributed by atoms with Crippen LogP contribution in [0.15, 0.2) is 432 Å². The number of carbonyl (C=O) groups excluding carboxylic acids is 1. The minimum atomic E-state index is -4.67. The van der Waals surface area contributed by atoms with Gasteiger partial charge in [-0.3, -0.25) is 13.9 Å². The Morgan fingerprint density at radius 2 is 0.703 bits per heavy atom. The number of fused-ring (bicyclic) bond motifs is 15. The summed E-state index contributed by atoms with van der Waals surface area (Å²) in [4.78, 5) is 23.1. The van der Waals surface area contributed by atoms with Crippen LogP contribution in [0.4, 0.5) is 0 Å². The summed E-state index contributed by atoms with van der Waals surface area (Å²) in [7, 11) is -6.07. The van der Waals surface area contributed by atoms with Gasteiger partial charge in [0.1, 0.15) is 5.60 Å². The molecule has 6 N–H and O–H groups in total. The highest BCUT2D eigenvalue weighted by Gasteiger charge is 2.44. The number of aromatic carboxylic acids is 1. The van der Waals surface area contributed by atoms with E-state index < -0.39 is 29.1 Å². The van der Waals surface area contributed by atoms with Crippen LogP contribution in [0.25, 0.3) is 86.9 Å². The number of hydrogen-bond donors (Lipinski definition) is 6. The van der Waals surface area contributed by atoms with Gasteiger partial charge < -0.3 is 20.3 Å². The third kappa shape index (κ3) is 19.4. The third-order valence-electron chi connectivity index (χ3n) is 22.6. The summed E-state index contributed by atoms with van der Waals surface area (Å²) in [6.07, 6.45) is 0. The van der Waals surface area contributed by atoms with E-state index in [9.17, 15) is 24.7 Å². The van der Waals surface area contributed by atoms with Crippen LogP contribution in [-0.2, 0) is 21.4 Å². The molecule has 18 aromatic rings. The molecule has 0 saturated heterocycles. The van der Waals surface area contributed by atoms with Gasteiger partial charge in [0.15, 0.2) is 5.78 Å². The largest absolute Gasteiger partial charge is 0.489 e. The molecule has 0 saturated carbocycles. The van der Waals surface area contributed by atoms with Crippen LogP contribution in [-0.4, -0.2) is 56.7 Å². The van der Waals surface area contributed by atoms with E-state index in [4.69, 9.17) is 22.6 Å². The van der Waals surface area contributed by atoms with Gasteiger partial charge in [0.2, 0.25) is 0 Å². The van der Waals surface area contributed by atoms with Gasteiger partial charge in [-0.1, -0.05) is 457 Å². The Kier molecular flexibility index (Phi) is 29.4. The second-order valence-corrected chi connectivity index (χ2v) is 38.0. The van der Waals surface area contributed by atoms with E-state index in [0.717, 1.165) is 93.6 Å². The van der Waals surface area contributed by atoms with E-state index >= 15 is 0 Å². The first-order chi connectivity index (χ1) is 61.9. The molecule has 0 aliphatic heterocycles. The topological polar surface area (TPSA) is 190 Å². The third-order valence-corrected chi connectivity index (χ3v) is 28.6. The number of carboxylic acids is 1. The fourth-order valence-electron chi connectivity index (χ4n) is 17.0. The first kappa shape index (κ1) is 92.0. The van der Waals surface area contributed by atoms with Crippen molar-refractivity contribution in [2.45, 2.75) is 23.9 Å². The average molecular weight is 2170 g/mol. The Labute approximate surface area is 806 Å². The monoisotopic (exact) mass is 2160 g/mol. The van der Waals surface area contributed by atoms with Crippen LogP contribution >= 0.6 is 123 Å². The lowest BCUT2D eigenvalue weighted by molar-refractivity contribution is 0.0697. The molecule has 3 atom stereocenters. The van der Waals surface area contributed by atoms with E-state index in [2.05, 4.69) is 300 Å². The zero-order valence-corrected chi connectivity index (χ0v) is 80.8. The lowest BCUT2D eigenvalue weighted by atomic mass is 9.74. The highest BCUT2D eigenvalue weighted by molar-refractivity contribution is 9.11. The van der Waals surface area contributed by atoms with E-state index in [1.807, 2.05) is 200 Å². The standard InChI is InChI=1S/C20H15Br.C19H13BrO.C19H13Br.C13H9BrO2.C13H7BrO.C12H9BO2S.C12H8Br2.H2O4S/c1-20(14-8-3-2-4-9-14)16-11-6-5-10-15(16)19-17(20)12-7-13-18(19)21;20-17-12-6-11-16-18(17)14-9-4-5-10-15(14)19(16,21)13-7-2-1-3-8-13;20-17-12-6-11-16-18(13-7-2-1-3-8-13)14-9-4-5-10-15(14)19(16)17;14-12-8-4-3-6-10(12)9-5-1-2-7-11(9)13(15)16;14-11-7-3-6-10-12(11)8-4-1-2-5-9(8)13(10)15;14-13(15)10-6-3-5-9-8-4-1-2-7-11(8)16-12(9)10;13-11-7-3-1-5-9(11)10-6-2-4-8-12(10)14;1-5(2,3)4/h2-13H,1H3;1-12,21H;1-12,18H;1-8H,(H,15,16);1-7H;1-7,14-15H;1-8H;(H2,1,2,3,4). The highest BCUT2D eigenvalue weighted by atomic mass is 79.9. The maximum absolute atomic E-state index is 12.0. The molecular formula is C108H76BBr7O10S2. The quantitative estimate of drug-likeness (QED) is 0.0662. The van der Waals surface area contributed by atoms with E-state index in [1.165, 1.54) is 85.8 Å². The van der Waals surface area contributed by atoms with Crippen molar-refractivity contribution in [1.29, 1.82) is 0 Å². The molecule has 17 aromatic carbocycles. The van der Waals surface area contributed by atoms with E-state index in [1.54, 1.807) is 29.5 Å². The van der Waals surface area contributed by atoms with Crippen molar-refractivity contribution in [2.24, 2.45) is 0 Å². The molecule has 4 aliphatic rings. The van der Waals surface area contributed by atoms with Crippen LogP contribution in [0.5, 0.6) is 0 Å². The van der Waals surface area contributed by atoms with Crippen LogP contribution in [0.1, 0.15) is 89.2 Å². The van der Waals surface area contributed by atoms with Crippen molar-refractivity contribution in [2.75, 3.05) is 0 Å². The predicted octanol–water partition coefficient (Wildman–Crippen LogP) is 29.5.